The maximum absolute atomic E-state index is 3.93. The summed E-state index contributed by atoms with van der Waals surface area (Å²) >= 11 is 1.87. The van der Waals surface area contributed by atoms with E-state index in [2.05, 4.69) is 35.5 Å². The van der Waals surface area contributed by atoms with Crippen LogP contribution in [0, 0.1) is 13.8 Å². The predicted molar refractivity (Wildman–Crippen MR) is 70.1 cm³/mol. The van der Waals surface area contributed by atoms with Crippen LogP contribution in [0.1, 0.15) is 21.7 Å². The van der Waals surface area contributed by atoms with E-state index in [9.17, 15) is 0 Å². The molecule has 0 aliphatic rings. The zero-order valence-electron chi connectivity index (χ0n) is 10.3. The summed E-state index contributed by atoms with van der Waals surface area (Å²) in [5.74, 6) is 0. The molecule has 0 saturated heterocycles. The van der Waals surface area contributed by atoms with E-state index < -0.39 is 0 Å². The molecule has 0 radical (unpaired) electrons. The molecule has 0 fully saturated rings. The fraction of sp³-hybridized carbons (Fsp3) is 0.500. The fourth-order valence-corrected chi connectivity index (χ4v) is 2.75. The lowest BCUT2D eigenvalue weighted by Gasteiger charge is -2.04. The van der Waals surface area contributed by atoms with Gasteiger partial charge >= 0.3 is 0 Å². The SMILES string of the molecule is Cc1cc(CNCCCn2ccnn2)c(C)s1. The Balaban J connectivity index is 1.65. The van der Waals surface area contributed by atoms with Crippen LogP contribution in [0.3, 0.4) is 0 Å². The minimum Gasteiger partial charge on any atom is -0.313 e. The van der Waals surface area contributed by atoms with Crippen LogP contribution < -0.4 is 5.32 Å². The van der Waals surface area contributed by atoms with Gasteiger partial charge in [-0.05, 0) is 38.4 Å². The Labute approximate surface area is 106 Å². The van der Waals surface area contributed by atoms with Crippen molar-refractivity contribution < 1.29 is 0 Å². The molecule has 0 amide bonds. The first kappa shape index (κ1) is 12.3. The van der Waals surface area contributed by atoms with Gasteiger partial charge in [0.25, 0.3) is 0 Å². The molecule has 92 valence electrons. The van der Waals surface area contributed by atoms with Crippen molar-refractivity contribution in [3.63, 3.8) is 0 Å². The van der Waals surface area contributed by atoms with E-state index in [0.717, 1.165) is 26.1 Å². The normalized spacial score (nSPS) is 10.9. The standard InChI is InChI=1S/C12H18N4S/c1-10-8-12(11(2)17-10)9-13-4-3-6-16-7-5-14-15-16/h5,7-8,13H,3-4,6,9H2,1-2H3. The van der Waals surface area contributed by atoms with E-state index in [4.69, 9.17) is 0 Å². The summed E-state index contributed by atoms with van der Waals surface area (Å²) in [5, 5.41) is 11.2. The van der Waals surface area contributed by atoms with E-state index in [0.29, 0.717) is 0 Å². The van der Waals surface area contributed by atoms with Crippen molar-refractivity contribution in [1.29, 1.82) is 0 Å². The van der Waals surface area contributed by atoms with E-state index >= 15 is 0 Å². The van der Waals surface area contributed by atoms with Crippen LogP contribution in [-0.4, -0.2) is 21.5 Å². The summed E-state index contributed by atoms with van der Waals surface area (Å²) in [6.07, 6.45) is 4.68. The Morgan fingerprint density at radius 1 is 1.41 bits per heavy atom. The van der Waals surface area contributed by atoms with Gasteiger partial charge in [0.2, 0.25) is 0 Å². The highest BCUT2D eigenvalue weighted by Crippen LogP contribution is 2.20. The van der Waals surface area contributed by atoms with Crippen LogP contribution in [0.2, 0.25) is 0 Å². The fourth-order valence-electron chi connectivity index (χ4n) is 1.80. The third-order valence-electron chi connectivity index (χ3n) is 2.67. The largest absolute Gasteiger partial charge is 0.313 e. The number of aryl methyl sites for hydroxylation is 3. The minimum absolute atomic E-state index is 0.925. The zero-order chi connectivity index (χ0) is 12.1. The van der Waals surface area contributed by atoms with Crippen LogP contribution in [0.25, 0.3) is 0 Å². The average molecular weight is 250 g/mol. The number of nitrogens with zero attached hydrogens (tertiary/aromatic N) is 3. The summed E-state index contributed by atoms with van der Waals surface area (Å²) in [4.78, 5) is 2.81. The molecule has 0 bridgehead atoms. The molecular formula is C12H18N4S. The number of rotatable bonds is 6. The molecule has 0 aliphatic heterocycles. The molecule has 2 aromatic heterocycles. The van der Waals surface area contributed by atoms with Crippen LogP contribution >= 0.6 is 11.3 Å². The Morgan fingerprint density at radius 2 is 2.29 bits per heavy atom. The number of hydrogen-bond donors (Lipinski definition) is 1. The molecule has 0 spiro atoms. The summed E-state index contributed by atoms with van der Waals surface area (Å²) in [6.45, 7) is 7.24. The van der Waals surface area contributed by atoms with Gasteiger partial charge in [-0.25, -0.2) is 0 Å². The second kappa shape index (κ2) is 5.93. The number of thiophene rings is 1. The van der Waals surface area contributed by atoms with Gasteiger partial charge in [-0.15, -0.1) is 16.4 Å². The van der Waals surface area contributed by atoms with Crippen LogP contribution in [0.4, 0.5) is 0 Å². The molecule has 2 heterocycles. The Hall–Kier alpha value is -1.20. The van der Waals surface area contributed by atoms with Crippen molar-refractivity contribution >= 4 is 11.3 Å². The summed E-state index contributed by atoms with van der Waals surface area (Å²) in [5.41, 5.74) is 1.42. The van der Waals surface area contributed by atoms with Crippen molar-refractivity contribution in [3.8, 4) is 0 Å². The molecular weight excluding hydrogens is 232 g/mol. The molecule has 17 heavy (non-hydrogen) atoms. The molecule has 0 aromatic carbocycles. The highest BCUT2D eigenvalue weighted by atomic mass is 32.1. The van der Waals surface area contributed by atoms with Crippen molar-refractivity contribution in [2.24, 2.45) is 0 Å². The molecule has 5 heteroatoms. The topological polar surface area (TPSA) is 42.7 Å². The third-order valence-corrected chi connectivity index (χ3v) is 3.68. The lowest BCUT2D eigenvalue weighted by molar-refractivity contribution is 0.530. The number of hydrogen-bond acceptors (Lipinski definition) is 4. The van der Waals surface area contributed by atoms with Gasteiger partial charge < -0.3 is 5.32 Å². The van der Waals surface area contributed by atoms with Gasteiger partial charge in [0, 0.05) is 29.0 Å². The minimum atomic E-state index is 0.925. The monoisotopic (exact) mass is 250 g/mol. The van der Waals surface area contributed by atoms with Crippen LogP contribution in [-0.2, 0) is 13.1 Å². The smallest absolute Gasteiger partial charge is 0.0692 e. The quantitative estimate of drug-likeness (QED) is 0.799. The second-order valence-corrected chi connectivity index (χ2v) is 5.60. The third kappa shape index (κ3) is 3.64. The Morgan fingerprint density at radius 3 is 2.94 bits per heavy atom. The van der Waals surface area contributed by atoms with Gasteiger partial charge in [0.15, 0.2) is 0 Å². The summed E-state index contributed by atoms with van der Waals surface area (Å²) in [7, 11) is 0. The summed E-state index contributed by atoms with van der Waals surface area (Å²) < 4.78 is 1.86. The van der Waals surface area contributed by atoms with E-state index in [1.165, 1.54) is 15.3 Å². The lowest BCUT2D eigenvalue weighted by atomic mass is 10.2. The first-order valence-corrected chi connectivity index (χ1v) is 6.68. The maximum Gasteiger partial charge on any atom is 0.0692 e. The van der Waals surface area contributed by atoms with Crippen LogP contribution in [0.5, 0.6) is 0 Å². The first-order valence-electron chi connectivity index (χ1n) is 5.86. The van der Waals surface area contributed by atoms with Crippen molar-refractivity contribution in [3.05, 3.63) is 33.8 Å². The highest BCUT2D eigenvalue weighted by molar-refractivity contribution is 7.12. The van der Waals surface area contributed by atoms with Gasteiger partial charge in [-0.3, -0.25) is 4.68 Å². The molecule has 0 unspecified atom stereocenters. The molecule has 0 saturated carbocycles. The maximum atomic E-state index is 3.93. The zero-order valence-corrected chi connectivity index (χ0v) is 11.1. The molecule has 1 N–H and O–H groups in total. The first-order chi connectivity index (χ1) is 8.25. The number of nitrogens with one attached hydrogen (secondary N) is 1. The van der Waals surface area contributed by atoms with E-state index in [1.807, 2.05) is 22.2 Å². The average Bonchev–Trinajstić information content (AvgIpc) is 2.89. The van der Waals surface area contributed by atoms with Gasteiger partial charge in [-0.2, -0.15) is 0 Å². The Kier molecular flexibility index (Phi) is 4.28. The number of aromatic nitrogens is 3. The predicted octanol–water partition coefficient (Wildman–Crippen LogP) is 2.14. The van der Waals surface area contributed by atoms with Gasteiger partial charge in [0.05, 0.1) is 6.20 Å². The molecule has 2 rings (SSSR count). The molecule has 2 aromatic rings. The highest BCUT2D eigenvalue weighted by Gasteiger charge is 2.01. The van der Waals surface area contributed by atoms with Crippen LogP contribution in [0.15, 0.2) is 18.5 Å². The molecule has 0 aliphatic carbocycles. The lowest BCUT2D eigenvalue weighted by Crippen LogP contribution is -2.16. The van der Waals surface area contributed by atoms with Crippen molar-refractivity contribution in [2.75, 3.05) is 6.54 Å². The van der Waals surface area contributed by atoms with Crippen molar-refractivity contribution in [1.82, 2.24) is 20.3 Å². The van der Waals surface area contributed by atoms with Gasteiger partial charge in [-0.1, -0.05) is 5.21 Å². The van der Waals surface area contributed by atoms with E-state index in [1.54, 1.807) is 6.20 Å². The second-order valence-electron chi connectivity index (χ2n) is 4.13. The molecule has 4 nitrogen and oxygen atoms in total. The van der Waals surface area contributed by atoms with Gasteiger partial charge in [0.1, 0.15) is 0 Å². The van der Waals surface area contributed by atoms with E-state index in [-0.39, 0.29) is 0 Å². The van der Waals surface area contributed by atoms with Crippen molar-refractivity contribution in [2.45, 2.75) is 33.4 Å². The Bertz CT molecular complexity index is 447. The summed E-state index contributed by atoms with van der Waals surface area (Å²) in [6, 6.07) is 2.27. The molecule has 0 atom stereocenters.